The molecule has 0 unspecified atom stereocenters. The molecule has 3 N–H and O–H groups in total. The highest BCUT2D eigenvalue weighted by molar-refractivity contribution is 5.92. The molecule has 2 aliphatic rings. The largest absolute Gasteiger partial charge is 0.360 e. The Morgan fingerprint density at radius 2 is 2.20 bits per heavy atom. The van der Waals surface area contributed by atoms with Gasteiger partial charge in [0, 0.05) is 37.5 Å². The summed E-state index contributed by atoms with van der Waals surface area (Å²) in [7, 11) is 0. The Morgan fingerprint density at radius 1 is 1.40 bits per heavy atom. The van der Waals surface area contributed by atoms with Crippen LogP contribution < -0.4 is 11.1 Å². The van der Waals surface area contributed by atoms with Crippen LogP contribution in [0.3, 0.4) is 0 Å². The van der Waals surface area contributed by atoms with E-state index in [0.717, 1.165) is 37.9 Å². The van der Waals surface area contributed by atoms with Crippen molar-refractivity contribution in [3.63, 3.8) is 0 Å². The van der Waals surface area contributed by atoms with Crippen LogP contribution in [0.2, 0.25) is 0 Å². The van der Waals surface area contributed by atoms with Gasteiger partial charge >= 0.3 is 0 Å². The second kappa shape index (κ2) is 7.99. The van der Waals surface area contributed by atoms with Gasteiger partial charge in [-0.2, -0.15) is 0 Å². The molecule has 2 heterocycles. The van der Waals surface area contributed by atoms with Crippen molar-refractivity contribution in [3.05, 3.63) is 17.5 Å². The Hall–Kier alpha value is -1.89. The molecule has 0 aromatic carbocycles. The molecule has 7 nitrogen and oxygen atoms in total. The fraction of sp³-hybridized carbons (Fsp3) is 0.722. The van der Waals surface area contributed by atoms with Crippen molar-refractivity contribution in [2.45, 2.75) is 57.4 Å². The smallest absolute Gasteiger partial charge is 0.273 e. The van der Waals surface area contributed by atoms with Gasteiger partial charge in [0.15, 0.2) is 5.69 Å². The summed E-state index contributed by atoms with van der Waals surface area (Å²) in [6, 6.07) is 1.83. The minimum Gasteiger partial charge on any atom is -0.360 e. The van der Waals surface area contributed by atoms with E-state index in [2.05, 4.69) is 17.4 Å². The summed E-state index contributed by atoms with van der Waals surface area (Å²) < 4.78 is 5.26. The summed E-state index contributed by atoms with van der Waals surface area (Å²) in [6.07, 6.45) is 5.15. The van der Waals surface area contributed by atoms with Gasteiger partial charge in [0.2, 0.25) is 5.91 Å². The highest BCUT2D eigenvalue weighted by atomic mass is 16.5. The molecule has 2 atom stereocenters. The van der Waals surface area contributed by atoms with Crippen LogP contribution in [-0.2, 0) is 4.79 Å². The number of piperidine rings is 1. The summed E-state index contributed by atoms with van der Waals surface area (Å²) in [4.78, 5) is 26.6. The Morgan fingerprint density at radius 3 is 2.88 bits per heavy atom. The van der Waals surface area contributed by atoms with E-state index in [4.69, 9.17) is 10.3 Å². The molecule has 1 saturated heterocycles. The monoisotopic (exact) mass is 348 g/mol. The third-order valence-electron chi connectivity index (χ3n) is 5.26. The van der Waals surface area contributed by atoms with Crippen molar-refractivity contribution >= 4 is 11.8 Å². The maximum absolute atomic E-state index is 12.5. The van der Waals surface area contributed by atoms with Crippen LogP contribution in [0.1, 0.15) is 67.6 Å². The number of carbonyl (C=O) groups excluding carboxylic acids is 2. The van der Waals surface area contributed by atoms with Crippen molar-refractivity contribution in [2.24, 2.45) is 11.7 Å². The Balaban J connectivity index is 1.54. The van der Waals surface area contributed by atoms with E-state index in [9.17, 15) is 9.59 Å². The zero-order valence-corrected chi connectivity index (χ0v) is 14.9. The summed E-state index contributed by atoms with van der Waals surface area (Å²) >= 11 is 0. The van der Waals surface area contributed by atoms with Gasteiger partial charge in [-0.3, -0.25) is 9.59 Å². The summed E-state index contributed by atoms with van der Waals surface area (Å²) in [6.45, 7) is 4.00. The van der Waals surface area contributed by atoms with Gasteiger partial charge in [-0.05, 0) is 44.6 Å². The predicted molar refractivity (Wildman–Crippen MR) is 93.0 cm³/mol. The van der Waals surface area contributed by atoms with Gasteiger partial charge in [-0.25, -0.2) is 0 Å². The standard InChI is InChI=1S/C18H28N4O3/c1-2-12-11-22(17(23)4-3-8-19)9-7-14(12)20-18(24)15-10-16(25-21-15)13-5-6-13/h10,12-14H,2-9,11,19H2,1H3,(H,20,24)/t12-,14+/m0/s1. The number of hydrogen-bond donors (Lipinski definition) is 2. The van der Waals surface area contributed by atoms with Crippen LogP contribution in [0.25, 0.3) is 0 Å². The number of rotatable bonds is 7. The van der Waals surface area contributed by atoms with Crippen LogP contribution in [0, 0.1) is 5.92 Å². The van der Waals surface area contributed by atoms with E-state index in [-0.39, 0.29) is 23.8 Å². The molecule has 25 heavy (non-hydrogen) atoms. The summed E-state index contributed by atoms with van der Waals surface area (Å²) in [5.74, 6) is 1.51. The van der Waals surface area contributed by atoms with Crippen molar-refractivity contribution in [1.82, 2.24) is 15.4 Å². The van der Waals surface area contributed by atoms with E-state index >= 15 is 0 Å². The first-order valence-corrected chi connectivity index (χ1v) is 9.37. The second-order valence-corrected chi connectivity index (χ2v) is 7.16. The average Bonchev–Trinajstić information content (AvgIpc) is 3.36. The average molecular weight is 348 g/mol. The number of aromatic nitrogens is 1. The second-order valence-electron chi connectivity index (χ2n) is 7.16. The molecule has 0 bridgehead atoms. The highest BCUT2D eigenvalue weighted by Crippen LogP contribution is 2.40. The predicted octanol–water partition coefficient (Wildman–Crippen LogP) is 1.65. The zero-order chi connectivity index (χ0) is 17.8. The lowest BCUT2D eigenvalue weighted by Gasteiger charge is -2.38. The molecule has 1 aliphatic carbocycles. The summed E-state index contributed by atoms with van der Waals surface area (Å²) in [5, 5.41) is 7.00. The first-order valence-electron chi connectivity index (χ1n) is 9.37. The van der Waals surface area contributed by atoms with Crippen molar-refractivity contribution < 1.29 is 14.1 Å². The molecule has 1 aromatic rings. The number of nitrogens with two attached hydrogens (primary N) is 1. The topological polar surface area (TPSA) is 101 Å². The molecule has 2 fully saturated rings. The Bertz CT molecular complexity index is 611. The molecule has 0 radical (unpaired) electrons. The third kappa shape index (κ3) is 4.39. The number of nitrogens with one attached hydrogen (secondary N) is 1. The quantitative estimate of drug-likeness (QED) is 0.780. The van der Waals surface area contributed by atoms with Crippen LogP contribution in [0.15, 0.2) is 10.6 Å². The molecule has 1 saturated carbocycles. The van der Waals surface area contributed by atoms with Gasteiger partial charge in [-0.15, -0.1) is 0 Å². The molecule has 3 rings (SSSR count). The normalized spacial score (nSPS) is 23.5. The molecule has 138 valence electrons. The molecule has 2 amide bonds. The fourth-order valence-corrected chi connectivity index (χ4v) is 3.47. The molecule has 1 aromatic heterocycles. The fourth-order valence-electron chi connectivity index (χ4n) is 3.47. The first-order chi connectivity index (χ1) is 12.1. The Kier molecular flexibility index (Phi) is 5.73. The van der Waals surface area contributed by atoms with Crippen molar-refractivity contribution in [1.29, 1.82) is 0 Å². The van der Waals surface area contributed by atoms with Crippen LogP contribution in [-0.4, -0.2) is 47.5 Å². The molecule has 1 aliphatic heterocycles. The third-order valence-corrected chi connectivity index (χ3v) is 5.26. The number of likely N-dealkylation sites (tertiary alicyclic amines) is 1. The van der Waals surface area contributed by atoms with Crippen molar-refractivity contribution in [3.8, 4) is 0 Å². The molecular weight excluding hydrogens is 320 g/mol. The number of amides is 2. The van der Waals surface area contributed by atoms with E-state index < -0.39 is 0 Å². The first kappa shape index (κ1) is 17.9. The highest BCUT2D eigenvalue weighted by Gasteiger charge is 2.33. The minimum atomic E-state index is -0.179. The van der Waals surface area contributed by atoms with Crippen molar-refractivity contribution in [2.75, 3.05) is 19.6 Å². The maximum atomic E-state index is 12.5. The van der Waals surface area contributed by atoms with Crippen LogP contribution >= 0.6 is 0 Å². The van der Waals surface area contributed by atoms with Gasteiger partial charge in [0.1, 0.15) is 5.76 Å². The van der Waals surface area contributed by atoms with Crippen LogP contribution in [0.5, 0.6) is 0 Å². The number of nitrogens with zero attached hydrogens (tertiary/aromatic N) is 2. The van der Waals surface area contributed by atoms with E-state index in [0.29, 0.717) is 37.7 Å². The molecule has 0 spiro atoms. The Labute approximate surface area is 148 Å². The zero-order valence-electron chi connectivity index (χ0n) is 14.9. The van der Waals surface area contributed by atoms with E-state index in [1.54, 1.807) is 6.07 Å². The number of hydrogen-bond acceptors (Lipinski definition) is 5. The molecular formula is C18H28N4O3. The lowest BCUT2D eigenvalue weighted by molar-refractivity contribution is -0.133. The lowest BCUT2D eigenvalue weighted by atomic mass is 9.89. The minimum absolute atomic E-state index is 0.0668. The maximum Gasteiger partial charge on any atom is 0.273 e. The molecule has 7 heteroatoms. The van der Waals surface area contributed by atoms with Gasteiger partial charge in [-0.1, -0.05) is 12.1 Å². The van der Waals surface area contributed by atoms with Gasteiger partial charge in [0.25, 0.3) is 5.91 Å². The number of carbonyl (C=O) groups is 2. The van der Waals surface area contributed by atoms with Gasteiger partial charge < -0.3 is 20.5 Å². The van der Waals surface area contributed by atoms with E-state index in [1.165, 1.54) is 0 Å². The van der Waals surface area contributed by atoms with Gasteiger partial charge in [0.05, 0.1) is 0 Å². The lowest BCUT2D eigenvalue weighted by Crippen LogP contribution is -2.52. The summed E-state index contributed by atoms with van der Waals surface area (Å²) in [5.41, 5.74) is 5.84. The SMILES string of the molecule is CC[C@H]1CN(C(=O)CCCN)CC[C@H]1NC(=O)c1cc(C2CC2)on1. The van der Waals surface area contributed by atoms with Crippen LogP contribution in [0.4, 0.5) is 0 Å². The van der Waals surface area contributed by atoms with E-state index in [1.807, 2.05) is 4.90 Å².